The van der Waals surface area contributed by atoms with Crippen LogP contribution in [0.15, 0.2) is 25.3 Å². The number of carbonyl (C=O) groups excluding carboxylic acids is 3. The van der Waals surface area contributed by atoms with Crippen LogP contribution in [0.5, 0.6) is 0 Å². The van der Waals surface area contributed by atoms with E-state index >= 15 is 0 Å². The molecular weight excluding hydrogens is 380 g/mol. The average molecular weight is 412 g/mol. The van der Waals surface area contributed by atoms with Gasteiger partial charge in [0.05, 0.1) is 26.4 Å². The smallest absolute Gasteiger partial charge is 0.330 e. The fraction of sp³-hybridized carbons (Fsp3) is 0.667. The monoisotopic (exact) mass is 412 g/mol. The van der Waals surface area contributed by atoms with Gasteiger partial charge >= 0.3 is 17.9 Å². The molecule has 8 nitrogen and oxygen atoms in total. The summed E-state index contributed by atoms with van der Waals surface area (Å²) < 4.78 is 26.4. The van der Waals surface area contributed by atoms with E-state index in [2.05, 4.69) is 13.2 Å². The molecule has 0 spiro atoms. The van der Waals surface area contributed by atoms with E-state index in [-0.39, 0.29) is 25.6 Å². The third-order valence-corrected chi connectivity index (χ3v) is 4.15. The van der Waals surface area contributed by atoms with E-state index in [1.807, 2.05) is 0 Å². The zero-order valence-electron chi connectivity index (χ0n) is 17.0. The lowest BCUT2D eigenvalue weighted by atomic mass is 10.1. The first-order valence-electron chi connectivity index (χ1n) is 10.0. The van der Waals surface area contributed by atoms with Crippen LogP contribution < -0.4 is 0 Å². The largest absolute Gasteiger partial charge is 0.463 e. The predicted molar refractivity (Wildman–Crippen MR) is 105 cm³/mol. The van der Waals surface area contributed by atoms with Gasteiger partial charge in [0.1, 0.15) is 6.10 Å². The van der Waals surface area contributed by atoms with Gasteiger partial charge in [-0.15, -0.1) is 6.58 Å². The molecule has 2 unspecified atom stereocenters. The number of esters is 3. The zero-order valence-corrected chi connectivity index (χ0v) is 17.0. The molecule has 8 heteroatoms. The number of ether oxygens (including phenoxy) is 5. The summed E-state index contributed by atoms with van der Waals surface area (Å²) in [4.78, 5) is 35.0. The van der Waals surface area contributed by atoms with E-state index in [4.69, 9.17) is 23.7 Å². The Morgan fingerprint density at radius 1 is 0.931 bits per heavy atom. The first-order valence-corrected chi connectivity index (χ1v) is 10.0. The van der Waals surface area contributed by atoms with Crippen LogP contribution in [0.2, 0.25) is 0 Å². The van der Waals surface area contributed by atoms with Crippen LogP contribution >= 0.6 is 0 Å². The molecule has 1 fully saturated rings. The number of hydrogen-bond acceptors (Lipinski definition) is 8. The molecule has 0 N–H and O–H groups in total. The summed E-state index contributed by atoms with van der Waals surface area (Å²) in [5.41, 5.74) is 0. The molecule has 0 aliphatic carbocycles. The van der Waals surface area contributed by atoms with Crippen LogP contribution in [-0.4, -0.2) is 63.2 Å². The minimum Gasteiger partial charge on any atom is -0.463 e. The minimum absolute atomic E-state index is 0.188. The van der Waals surface area contributed by atoms with E-state index in [1.165, 1.54) is 0 Å². The first kappa shape index (κ1) is 24.8. The van der Waals surface area contributed by atoms with Crippen molar-refractivity contribution in [1.29, 1.82) is 0 Å². The summed E-state index contributed by atoms with van der Waals surface area (Å²) in [7, 11) is 0. The Hall–Kier alpha value is -2.19. The molecule has 1 heterocycles. The van der Waals surface area contributed by atoms with Gasteiger partial charge in [-0.05, 0) is 25.7 Å². The third kappa shape index (κ3) is 12.1. The van der Waals surface area contributed by atoms with E-state index in [0.717, 1.165) is 12.5 Å². The Kier molecular flexibility index (Phi) is 13.5. The van der Waals surface area contributed by atoms with Crippen LogP contribution in [0.3, 0.4) is 0 Å². The highest BCUT2D eigenvalue weighted by molar-refractivity contribution is 5.81. The lowest BCUT2D eigenvalue weighted by Gasteiger charge is -2.30. The molecule has 0 aromatic heterocycles. The summed E-state index contributed by atoms with van der Waals surface area (Å²) in [6.45, 7) is 8.83. The number of rotatable bonds is 15. The average Bonchev–Trinajstić information content (AvgIpc) is 2.71. The highest BCUT2D eigenvalue weighted by atomic mass is 16.6. The molecule has 0 bridgehead atoms. The van der Waals surface area contributed by atoms with E-state index in [1.54, 1.807) is 6.08 Å². The van der Waals surface area contributed by atoms with E-state index in [0.29, 0.717) is 51.9 Å². The first-order chi connectivity index (χ1) is 14.1. The lowest BCUT2D eigenvalue weighted by Crippen LogP contribution is -2.43. The SMILES string of the molecule is C=CCOCCCCC(=O)OC1CCOCC1OC(=O)CCCCOC(=O)C=C. The van der Waals surface area contributed by atoms with Crippen LogP contribution in [0, 0.1) is 0 Å². The van der Waals surface area contributed by atoms with Crippen molar-refractivity contribution in [2.24, 2.45) is 0 Å². The molecule has 1 saturated heterocycles. The maximum absolute atomic E-state index is 12.0. The fourth-order valence-electron chi connectivity index (χ4n) is 2.64. The van der Waals surface area contributed by atoms with Gasteiger partial charge in [0, 0.05) is 31.9 Å². The third-order valence-electron chi connectivity index (χ3n) is 4.15. The predicted octanol–water partition coefficient (Wildman–Crippen LogP) is 2.50. The molecule has 2 atom stereocenters. The topological polar surface area (TPSA) is 97.4 Å². The van der Waals surface area contributed by atoms with Gasteiger partial charge in [-0.1, -0.05) is 12.7 Å². The molecule has 0 saturated carbocycles. The Morgan fingerprint density at radius 2 is 1.59 bits per heavy atom. The van der Waals surface area contributed by atoms with Gasteiger partial charge in [-0.3, -0.25) is 9.59 Å². The van der Waals surface area contributed by atoms with Gasteiger partial charge in [0.15, 0.2) is 6.10 Å². The molecule has 1 rings (SSSR count). The molecule has 1 aliphatic rings. The maximum atomic E-state index is 12.0. The van der Waals surface area contributed by atoms with Crippen LogP contribution in [-0.2, 0) is 38.1 Å². The van der Waals surface area contributed by atoms with Crippen molar-refractivity contribution >= 4 is 17.9 Å². The minimum atomic E-state index is -0.602. The van der Waals surface area contributed by atoms with Gasteiger partial charge in [0.25, 0.3) is 0 Å². The Bertz CT molecular complexity index is 531. The number of carbonyl (C=O) groups is 3. The van der Waals surface area contributed by atoms with Crippen molar-refractivity contribution in [3.05, 3.63) is 25.3 Å². The van der Waals surface area contributed by atoms with Crippen LogP contribution in [0.25, 0.3) is 0 Å². The summed E-state index contributed by atoms with van der Waals surface area (Å²) in [5.74, 6) is -1.19. The molecular formula is C21H32O8. The van der Waals surface area contributed by atoms with Gasteiger partial charge < -0.3 is 23.7 Å². The van der Waals surface area contributed by atoms with E-state index in [9.17, 15) is 14.4 Å². The Balaban J connectivity index is 2.24. The van der Waals surface area contributed by atoms with Crippen molar-refractivity contribution in [2.45, 2.75) is 57.2 Å². The standard InChI is InChI=1S/C21H32O8/c1-3-12-25-13-7-5-9-20(23)28-17-11-15-26-16-18(17)29-21(24)10-6-8-14-27-19(22)4-2/h3-4,17-18H,1-2,5-16H2. The summed E-state index contributed by atoms with van der Waals surface area (Å²) in [5, 5.41) is 0. The maximum Gasteiger partial charge on any atom is 0.330 e. The molecule has 0 amide bonds. The van der Waals surface area contributed by atoms with Crippen LogP contribution in [0.1, 0.15) is 44.9 Å². The second-order valence-electron chi connectivity index (χ2n) is 6.57. The summed E-state index contributed by atoms with van der Waals surface area (Å²) >= 11 is 0. The molecule has 0 radical (unpaired) electrons. The number of unbranched alkanes of at least 4 members (excludes halogenated alkanes) is 2. The van der Waals surface area contributed by atoms with Crippen molar-refractivity contribution in [1.82, 2.24) is 0 Å². The Labute approximate surface area is 172 Å². The van der Waals surface area contributed by atoms with Gasteiger partial charge in [-0.25, -0.2) is 4.79 Å². The van der Waals surface area contributed by atoms with Crippen LogP contribution in [0.4, 0.5) is 0 Å². The molecule has 29 heavy (non-hydrogen) atoms. The second-order valence-corrected chi connectivity index (χ2v) is 6.57. The van der Waals surface area contributed by atoms with Gasteiger partial charge in [-0.2, -0.15) is 0 Å². The molecule has 0 aromatic carbocycles. The normalized spacial score (nSPS) is 18.5. The van der Waals surface area contributed by atoms with E-state index < -0.39 is 24.1 Å². The van der Waals surface area contributed by atoms with Crippen molar-refractivity contribution in [3.63, 3.8) is 0 Å². The quantitative estimate of drug-likeness (QED) is 0.133. The van der Waals surface area contributed by atoms with Gasteiger partial charge in [0.2, 0.25) is 0 Å². The van der Waals surface area contributed by atoms with Crippen molar-refractivity contribution in [3.8, 4) is 0 Å². The zero-order chi connectivity index (χ0) is 21.3. The van der Waals surface area contributed by atoms with Crippen molar-refractivity contribution < 1.29 is 38.1 Å². The lowest BCUT2D eigenvalue weighted by molar-refractivity contribution is -0.182. The summed E-state index contributed by atoms with van der Waals surface area (Å²) in [6, 6.07) is 0. The fourth-order valence-corrected chi connectivity index (χ4v) is 2.64. The van der Waals surface area contributed by atoms with Crippen molar-refractivity contribution in [2.75, 3.05) is 33.0 Å². The molecule has 1 aliphatic heterocycles. The highest BCUT2D eigenvalue weighted by Gasteiger charge is 2.32. The summed E-state index contributed by atoms with van der Waals surface area (Å²) in [6.07, 6.45) is 5.14. The Morgan fingerprint density at radius 3 is 2.24 bits per heavy atom. The second kappa shape index (κ2) is 15.7. The molecule has 0 aromatic rings. The highest BCUT2D eigenvalue weighted by Crippen LogP contribution is 2.17. The number of hydrogen-bond donors (Lipinski definition) is 0. The molecule has 164 valence electrons.